The summed E-state index contributed by atoms with van der Waals surface area (Å²) in [6.45, 7) is 0. The first-order valence-corrected chi connectivity index (χ1v) is 6.43. The van der Waals surface area contributed by atoms with E-state index in [4.69, 9.17) is 0 Å². The molecule has 1 nitrogen and oxygen atoms in total. The van der Waals surface area contributed by atoms with E-state index in [9.17, 15) is 5.11 Å². The molecule has 0 bridgehead atoms. The maximum absolute atomic E-state index is 9.69. The summed E-state index contributed by atoms with van der Waals surface area (Å²) in [6, 6.07) is 4.28. The van der Waals surface area contributed by atoms with Gasteiger partial charge in [-0.3, -0.25) is 0 Å². The molecule has 0 aromatic carbocycles. The quantitative estimate of drug-likeness (QED) is 0.764. The van der Waals surface area contributed by atoms with E-state index in [0.717, 1.165) is 31.6 Å². The minimum atomic E-state index is -0.0394. The third-order valence-corrected chi connectivity index (χ3v) is 3.78. The van der Waals surface area contributed by atoms with Gasteiger partial charge in [-0.05, 0) is 43.0 Å². The Morgan fingerprint density at radius 1 is 1.50 bits per heavy atom. The van der Waals surface area contributed by atoms with Gasteiger partial charge in [0.25, 0.3) is 0 Å². The molecule has 1 aromatic rings. The van der Waals surface area contributed by atoms with E-state index in [1.807, 2.05) is 11.3 Å². The van der Waals surface area contributed by atoms with Crippen LogP contribution < -0.4 is 0 Å². The van der Waals surface area contributed by atoms with Gasteiger partial charge in [0.1, 0.15) is 0 Å². The van der Waals surface area contributed by atoms with Crippen molar-refractivity contribution in [2.24, 2.45) is 5.92 Å². The summed E-state index contributed by atoms with van der Waals surface area (Å²) in [5.74, 6) is 0.853. The Morgan fingerprint density at radius 2 is 2.36 bits per heavy atom. The standard InChI is InChI=1S/C12H18OS/c13-11(9-10-6-7-10)3-1-4-12-5-2-8-14-12/h2,5,8,10-11,13H,1,3-4,6-7,9H2. The number of aryl methyl sites for hydroxylation is 1. The van der Waals surface area contributed by atoms with Crippen LogP contribution in [0.2, 0.25) is 0 Å². The fourth-order valence-electron chi connectivity index (χ4n) is 1.82. The van der Waals surface area contributed by atoms with E-state index in [0.29, 0.717) is 0 Å². The molecule has 78 valence electrons. The van der Waals surface area contributed by atoms with E-state index in [1.165, 1.54) is 17.7 Å². The molecule has 0 spiro atoms. The zero-order valence-electron chi connectivity index (χ0n) is 8.48. The van der Waals surface area contributed by atoms with Gasteiger partial charge in [-0.15, -0.1) is 11.3 Å². The maximum atomic E-state index is 9.69. The summed E-state index contributed by atoms with van der Waals surface area (Å²) in [6.07, 6.45) is 6.96. The lowest BCUT2D eigenvalue weighted by Crippen LogP contribution is -2.07. The number of rotatable bonds is 6. The Kier molecular flexibility index (Phi) is 3.60. The predicted octanol–water partition coefficient (Wildman–Crippen LogP) is 3.23. The molecule has 1 atom stereocenters. The van der Waals surface area contributed by atoms with Crippen molar-refractivity contribution in [2.45, 2.75) is 44.6 Å². The zero-order valence-corrected chi connectivity index (χ0v) is 9.30. The highest BCUT2D eigenvalue weighted by molar-refractivity contribution is 7.09. The number of aliphatic hydroxyl groups excluding tert-OH is 1. The van der Waals surface area contributed by atoms with Crippen LogP contribution >= 0.6 is 11.3 Å². The first kappa shape index (κ1) is 10.2. The predicted molar refractivity (Wildman–Crippen MR) is 60.6 cm³/mol. The molecule has 1 heterocycles. The Balaban J connectivity index is 1.57. The van der Waals surface area contributed by atoms with E-state index in [1.54, 1.807) is 0 Å². The molecule has 1 N–H and O–H groups in total. The van der Waals surface area contributed by atoms with E-state index >= 15 is 0 Å². The van der Waals surface area contributed by atoms with E-state index < -0.39 is 0 Å². The SMILES string of the molecule is OC(CCCc1cccs1)CC1CC1. The van der Waals surface area contributed by atoms with Gasteiger partial charge in [0.2, 0.25) is 0 Å². The Hall–Kier alpha value is -0.340. The van der Waals surface area contributed by atoms with Crippen LogP contribution in [0, 0.1) is 5.92 Å². The van der Waals surface area contributed by atoms with Crippen molar-refractivity contribution in [3.05, 3.63) is 22.4 Å². The van der Waals surface area contributed by atoms with Gasteiger partial charge in [0, 0.05) is 4.88 Å². The van der Waals surface area contributed by atoms with E-state index in [-0.39, 0.29) is 6.10 Å². The average molecular weight is 210 g/mol. The molecule has 1 fully saturated rings. The van der Waals surface area contributed by atoms with Crippen LogP contribution in [0.1, 0.15) is 37.0 Å². The van der Waals surface area contributed by atoms with Crippen molar-refractivity contribution >= 4 is 11.3 Å². The molecule has 0 radical (unpaired) electrons. The largest absolute Gasteiger partial charge is 0.393 e. The number of hydrogen-bond acceptors (Lipinski definition) is 2. The molecular weight excluding hydrogens is 192 g/mol. The lowest BCUT2D eigenvalue weighted by atomic mass is 10.1. The Morgan fingerprint density at radius 3 is 3.00 bits per heavy atom. The fraction of sp³-hybridized carbons (Fsp3) is 0.667. The minimum absolute atomic E-state index is 0.0394. The van der Waals surface area contributed by atoms with Crippen LogP contribution in [-0.4, -0.2) is 11.2 Å². The molecule has 1 aromatic heterocycles. The summed E-state index contributed by atoms with van der Waals surface area (Å²) in [4.78, 5) is 1.45. The summed E-state index contributed by atoms with van der Waals surface area (Å²) >= 11 is 1.82. The summed E-state index contributed by atoms with van der Waals surface area (Å²) in [7, 11) is 0. The molecule has 2 heteroatoms. The zero-order chi connectivity index (χ0) is 9.80. The topological polar surface area (TPSA) is 20.2 Å². The number of aliphatic hydroxyl groups is 1. The molecule has 1 unspecified atom stereocenters. The van der Waals surface area contributed by atoms with Crippen molar-refractivity contribution in [1.29, 1.82) is 0 Å². The third kappa shape index (κ3) is 3.43. The lowest BCUT2D eigenvalue weighted by Gasteiger charge is -2.08. The smallest absolute Gasteiger partial charge is 0.0543 e. The van der Waals surface area contributed by atoms with Crippen LogP contribution in [0.15, 0.2) is 17.5 Å². The normalized spacial score (nSPS) is 18.4. The van der Waals surface area contributed by atoms with Gasteiger partial charge in [-0.1, -0.05) is 18.9 Å². The van der Waals surface area contributed by atoms with Gasteiger partial charge in [0.15, 0.2) is 0 Å². The van der Waals surface area contributed by atoms with Gasteiger partial charge < -0.3 is 5.11 Å². The maximum Gasteiger partial charge on any atom is 0.0543 e. The molecule has 0 amide bonds. The molecule has 14 heavy (non-hydrogen) atoms. The summed E-state index contributed by atoms with van der Waals surface area (Å²) in [5, 5.41) is 11.8. The van der Waals surface area contributed by atoms with Crippen molar-refractivity contribution in [1.82, 2.24) is 0 Å². The minimum Gasteiger partial charge on any atom is -0.393 e. The van der Waals surface area contributed by atoms with Crippen LogP contribution in [-0.2, 0) is 6.42 Å². The molecule has 1 saturated carbocycles. The summed E-state index contributed by atoms with van der Waals surface area (Å²) in [5.41, 5.74) is 0. The second-order valence-corrected chi connectivity index (χ2v) is 5.34. The average Bonchev–Trinajstić information content (AvgIpc) is 2.82. The van der Waals surface area contributed by atoms with Crippen LogP contribution in [0.4, 0.5) is 0 Å². The molecule has 0 aliphatic heterocycles. The molecule has 1 aliphatic carbocycles. The summed E-state index contributed by atoms with van der Waals surface area (Å²) < 4.78 is 0. The second-order valence-electron chi connectivity index (χ2n) is 4.30. The highest BCUT2D eigenvalue weighted by Crippen LogP contribution is 2.34. The Labute approximate surface area is 89.8 Å². The lowest BCUT2D eigenvalue weighted by molar-refractivity contribution is 0.145. The second kappa shape index (κ2) is 4.94. The van der Waals surface area contributed by atoms with Crippen molar-refractivity contribution < 1.29 is 5.11 Å². The first-order valence-electron chi connectivity index (χ1n) is 5.55. The van der Waals surface area contributed by atoms with Gasteiger partial charge in [-0.2, -0.15) is 0 Å². The van der Waals surface area contributed by atoms with E-state index in [2.05, 4.69) is 17.5 Å². The molecule has 2 rings (SSSR count). The highest BCUT2D eigenvalue weighted by Gasteiger charge is 2.23. The fourth-order valence-corrected chi connectivity index (χ4v) is 2.57. The Bertz CT molecular complexity index is 251. The van der Waals surface area contributed by atoms with Crippen LogP contribution in [0.25, 0.3) is 0 Å². The number of thiophene rings is 1. The molecule has 1 aliphatic rings. The third-order valence-electron chi connectivity index (χ3n) is 2.84. The van der Waals surface area contributed by atoms with Crippen molar-refractivity contribution in [2.75, 3.05) is 0 Å². The van der Waals surface area contributed by atoms with Gasteiger partial charge >= 0.3 is 0 Å². The van der Waals surface area contributed by atoms with Crippen LogP contribution in [0.5, 0.6) is 0 Å². The van der Waals surface area contributed by atoms with Crippen molar-refractivity contribution in [3.8, 4) is 0 Å². The highest BCUT2D eigenvalue weighted by atomic mass is 32.1. The van der Waals surface area contributed by atoms with Gasteiger partial charge in [0.05, 0.1) is 6.10 Å². The number of hydrogen-bond donors (Lipinski definition) is 1. The monoisotopic (exact) mass is 210 g/mol. The van der Waals surface area contributed by atoms with Gasteiger partial charge in [-0.25, -0.2) is 0 Å². The molecular formula is C12H18OS. The van der Waals surface area contributed by atoms with Crippen LogP contribution in [0.3, 0.4) is 0 Å². The van der Waals surface area contributed by atoms with Crippen molar-refractivity contribution in [3.63, 3.8) is 0 Å². The molecule has 0 saturated heterocycles. The first-order chi connectivity index (χ1) is 6.84.